The summed E-state index contributed by atoms with van der Waals surface area (Å²) in [6.45, 7) is 3.09. The van der Waals surface area contributed by atoms with Crippen LogP contribution in [-0.2, 0) is 4.79 Å². The van der Waals surface area contributed by atoms with E-state index < -0.39 is 23.7 Å². The van der Waals surface area contributed by atoms with Crippen molar-refractivity contribution in [1.29, 1.82) is 5.26 Å². The molecule has 1 aliphatic rings. The highest BCUT2D eigenvalue weighted by atomic mass is 19.4. The smallest absolute Gasteiger partial charge is 0.412 e. The summed E-state index contributed by atoms with van der Waals surface area (Å²) in [7, 11) is 1.30. The maximum absolute atomic E-state index is 13.0. The third-order valence-corrected chi connectivity index (χ3v) is 3.91. The number of anilines is 2. The van der Waals surface area contributed by atoms with Crippen molar-refractivity contribution in [3.05, 3.63) is 29.0 Å². The number of hydrogen-bond donors (Lipinski definition) is 3. The minimum atomic E-state index is -4.46. The molecule has 0 aliphatic heterocycles. The van der Waals surface area contributed by atoms with E-state index in [2.05, 4.69) is 20.6 Å². The first-order valence-corrected chi connectivity index (χ1v) is 8.23. The van der Waals surface area contributed by atoms with Crippen LogP contribution in [0.15, 0.2) is 23.4 Å². The van der Waals surface area contributed by atoms with Gasteiger partial charge in [-0.15, -0.1) is 0 Å². The Morgan fingerprint density at radius 3 is 2.71 bits per heavy atom. The fourth-order valence-corrected chi connectivity index (χ4v) is 2.61. The van der Waals surface area contributed by atoms with Crippen molar-refractivity contribution in [2.24, 2.45) is 5.92 Å². The van der Waals surface area contributed by atoms with Gasteiger partial charge in [-0.05, 0) is 25.3 Å². The molecule has 1 heterocycles. The zero-order valence-corrected chi connectivity index (χ0v) is 15.4. The third-order valence-electron chi connectivity index (χ3n) is 3.91. The van der Waals surface area contributed by atoms with Crippen LogP contribution in [-0.4, -0.2) is 35.2 Å². The Kier molecular flexibility index (Phi) is 6.12. The van der Waals surface area contributed by atoms with Gasteiger partial charge in [-0.1, -0.05) is 13.0 Å². The van der Waals surface area contributed by atoms with Crippen molar-refractivity contribution >= 4 is 17.7 Å². The second kappa shape index (κ2) is 8.16. The van der Waals surface area contributed by atoms with Crippen LogP contribution in [0.2, 0.25) is 0 Å². The van der Waals surface area contributed by atoms with E-state index in [1.54, 1.807) is 13.0 Å². The molecule has 1 aromatic heterocycles. The van der Waals surface area contributed by atoms with Gasteiger partial charge in [0.2, 0.25) is 17.7 Å². The number of nitrogens with one attached hydrogen (secondary N) is 2. The van der Waals surface area contributed by atoms with Crippen LogP contribution in [0.4, 0.5) is 24.9 Å². The Balaban J connectivity index is 2.17. The van der Waals surface area contributed by atoms with Crippen molar-refractivity contribution in [3.8, 4) is 11.9 Å². The maximum Gasteiger partial charge on any atom is 0.412 e. The van der Waals surface area contributed by atoms with Crippen molar-refractivity contribution in [2.45, 2.75) is 32.5 Å². The van der Waals surface area contributed by atoms with Gasteiger partial charge in [0, 0.05) is 11.3 Å². The summed E-state index contributed by atoms with van der Waals surface area (Å²) in [4.78, 5) is 20.0. The summed E-state index contributed by atoms with van der Waals surface area (Å²) < 4.78 is 43.9. The third kappa shape index (κ3) is 4.91. The first-order chi connectivity index (χ1) is 13.0. The molecule has 0 bridgehead atoms. The van der Waals surface area contributed by atoms with Gasteiger partial charge >= 0.3 is 6.18 Å². The van der Waals surface area contributed by atoms with E-state index in [1.165, 1.54) is 14.0 Å². The summed E-state index contributed by atoms with van der Waals surface area (Å²) in [5, 5.41) is 14.4. The van der Waals surface area contributed by atoms with Crippen LogP contribution in [0.5, 0.6) is 5.88 Å². The fourth-order valence-electron chi connectivity index (χ4n) is 2.61. The van der Waals surface area contributed by atoms with Crippen molar-refractivity contribution < 1.29 is 22.7 Å². The minimum Gasteiger partial charge on any atom is -0.480 e. The van der Waals surface area contributed by atoms with Crippen molar-refractivity contribution in [2.75, 3.05) is 18.2 Å². The number of amides is 1. The molecular weight excluding hydrogens is 377 g/mol. The molecular formula is C17H19F3N6O2. The number of carbonyl (C=O) groups excluding carboxylic acids is 1. The number of nitrogen functional groups attached to an aromatic ring is 1. The molecule has 2 atom stereocenters. The second-order valence-corrected chi connectivity index (χ2v) is 6.25. The number of nitriles is 1. The first kappa shape index (κ1) is 21.0. The van der Waals surface area contributed by atoms with Crippen LogP contribution < -0.4 is 21.1 Å². The molecule has 0 fully saturated rings. The monoisotopic (exact) mass is 396 g/mol. The normalized spacial score (nSPS) is 17.7. The van der Waals surface area contributed by atoms with Gasteiger partial charge < -0.3 is 21.1 Å². The van der Waals surface area contributed by atoms with E-state index >= 15 is 0 Å². The van der Waals surface area contributed by atoms with Crippen LogP contribution in [0.1, 0.15) is 25.8 Å². The van der Waals surface area contributed by atoms with Gasteiger partial charge in [-0.25, -0.2) is 0 Å². The van der Waals surface area contributed by atoms with Gasteiger partial charge in [-0.2, -0.15) is 28.4 Å². The topological polar surface area (TPSA) is 126 Å². The highest BCUT2D eigenvalue weighted by Gasteiger charge is 2.35. The summed E-state index contributed by atoms with van der Waals surface area (Å²) in [5.74, 6) is -1.25. The molecule has 11 heteroatoms. The van der Waals surface area contributed by atoms with Gasteiger partial charge in [-0.3, -0.25) is 4.79 Å². The van der Waals surface area contributed by atoms with Crippen LogP contribution in [0.25, 0.3) is 0 Å². The Morgan fingerprint density at radius 1 is 1.46 bits per heavy atom. The van der Waals surface area contributed by atoms with Gasteiger partial charge in [0.15, 0.2) is 11.4 Å². The number of ether oxygens (including phenoxy) is 1. The molecule has 0 radical (unpaired) electrons. The lowest BCUT2D eigenvalue weighted by Crippen LogP contribution is -2.38. The average Bonchev–Trinajstić information content (AvgIpc) is 2.59. The van der Waals surface area contributed by atoms with Gasteiger partial charge in [0.05, 0.1) is 7.11 Å². The molecule has 1 unspecified atom stereocenters. The lowest BCUT2D eigenvalue weighted by atomic mass is 9.94. The van der Waals surface area contributed by atoms with Crippen LogP contribution >= 0.6 is 0 Å². The number of nitrogens with two attached hydrogens (primary N) is 1. The number of rotatable bonds is 5. The van der Waals surface area contributed by atoms with E-state index in [9.17, 15) is 23.2 Å². The van der Waals surface area contributed by atoms with Crippen LogP contribution in [0, 0.1) is 17.2 Å². The number of aromatic nitrogens is 2. The summed E-state index contributed by atoms with van der Waals surface area (Å²) in [5.41, 5.74) is 4.85. The molecule has 0 aromatic carbocycles. The minimum absolute atomic E-state index is 0.0213. The predicted molar refractivity (Wildman–Crippen MR) is 94.9 cm³/mol. The standard InChI is InChI=1S/C17H19F3N6O2/c1-8-4-10(17(18,19)20)6-11(5-8)24-14(27)9(2)23-13-12(7-21)15(28-3)26-16(22)25-13/h5-6,8-9H,4H2,1-3H3,(H,24,27)(H3,22,23,25,26)/t8?,9-/m0/s1. The predicted octanol–water partition coefficient (Wildman–Crippen LogP) is 2.27. The second-order valence-electron chi connectivity index (χ2n) is 6.25. The van der Waals surface area contributed by atoms with E-state index in [-0.39, 0.29) is 41.2 Å². The molecule has 4 N–H and O–H groups in total. The number of methoxy groups -OCH3 is 1. The quantitative estimate of drug-likeness (QED) is 0.697. The molecule has 28 heavy (non-hydrogen) atoms. The number of hydrogen-bond acceptors (Lipinski definition) is 7. The Hall–Kier alpha value is -3.29. The van der Waals surface area contributed by atoms with E-state index in [0.717, 1.165) is 6.08 Å². The number of alkyl halides is 3. The molecule has 1 amide bonds. The summed E-state index contributed by atoms with van der Waals surface area (Å²) in [6, 6.07) is 0.913. The van der Waals surface area contributed by atoms with Crippen molar-refractivity contribution in [3.63, 3.8) is 0 Å². The SMILES string of the molecule is COc1nc(N)nc(N[C@@H](C)C(=O)NC2=CC(C)CC(C(F)(F)F)=C2)c1C#N. The molecule has 2 rings (SSSR count). The van der Waals surface area contributed by atoms with E-state index in [4.69, 9.17) is 10.5 Å². The largest absolute Gasteiger partial charge is 0.480 e. The summed E-state index contributed by atoms with van der Waals surface area (Å²) >= 11 is 0. The fraction of sp³-hybridized carbons (Fsp3) is 0.412. The Labute approximate surface area is 159 Å². The number of carbonyl (C=O) groups is 1. The molecule has 8 nitrogen and oxygen atoms in total. The average molecular weight is 396 g/mol. The zero-order valence-electron chi connectivity index (χ0n) is 15.4. The first-order valence-electron chi connectivity index (χ1n) is 8.23. The molecule has 1 aromatic rings. The summed E-state index contributed by atoms with van der Waals surface area (Å²) in [6.07, 6.45) is -2.15. The van der Waals surface area contributed by atoms with Gasteiger partial charge in [0.1, 0.15) is 12.1 Å². The van der Waals surface area contributed by atoms with E-state index in [1.807, 2.05) is 6.07 Å². The zero-order chi connectivity index (χ0) is 21.1. The highest BCUT2D eigenvalue weighted by Crippen LogP contribution is 2.34. The molecule has 1 aliphatic carbocycles. The molecule has 150 valence electrons. The van der Waals surface area contributed by atoms with E-state index in [0.29, 0.717) is 0 Å². The Bertz CT molecular complexity index is 873. The van der Waals surface area contributed by atoms with Crippen molar-refractivity contribution in [1.82, 2.24) is 15.3 Å². The molecule has 0 spiro atoms. The number of nitrogens with zero attached hydrogens (tertiary/aromatic N) is 3. The maximum atomic E-state index is 13.0. The number of allylic oxidation sites excluding steroid dienone is 3. The van der Waals surface area contributed by atoms with Gasteiger partial charge in [0.25, 0.3) is 0 Å². The molecule has 0 saturated carbocycles. The molecule has 0 saturated heterocycles. The van der Waals surface area contributed by atoms with Crippen LogP contribution in [0.3, 0.4) is 0 Å². The lowest BCUT2D eigenvalue weighted by molar-refractivity contribution is -0.120. The Morgan fingerprint density at radius 2 is 2.14 bits per heavy atom. The number of halogens is 3. The lowest BCUT2D eigenvalue weighted by Gasteiger charge is -2.22. The highest BCUT2D eigenvalue weighted by molar-refractivity contribution is 5.86.